The van der Waals surface area contributed by atoms with Crippen LogP contribution in [-0.2, 0) is 6.54 Å². The molecular weight excluding hydrogens is 359 g/mol. The van der Waals surface area contributed by atoms with Gasteiger partial charge in [-0.3, -0.25) is 0 Å². The van der Waals surface area contributed by atoms with Crippen LogP contribution in [0, 0.1) is 5.41 Å². The number of halogens is 3. The van der Waals surface area contributed by atoms with Crippen LogP contribution in [0.2, 0.25) is 0 Å². The van der Waals surface area contributed by atoms with Gasteiger partial charge < -0.3 is 15.0 Å². The molecule has 27 heavy (non-hydrogen) atoms. The van der Waals surface area contributed by atoms with E-state index in [2.05, 4.69) is 27.2 Å². The van der Waals surface area contributed by atoms with Gasteiger partial charge >= 0.3 is 12.2 Å². The van der Waals surface area contributed by atoms with Gasteiger partial charge in [0.15, 0.2) is 6.61 Å². The number of aromatic nitrogens is 1. The molecule has 2 amide bonds. The first kappa shape index (κ1) is 19.5. The Hall–Kier alpha value is -2.25. The molecule has 0 saturated carbocycles. The number of hydrogen-bond donors (Lipinski definition) is 1. The average molecular weight is 383 g/mol. The molecule has 2 aliphatic rings. The van der Waals surface area contributed by atoms with Crippen LogP contribution in [0.1, 0.15) is 37.7 Å². The van der Waals surface area contributed by atoms with E-state index in [0.717, 1.165) is 45.2 Å². The number of ether oxygens (including phenoxy) is 1. The third kappa shape index (κ3) is 5.61. The lowest BCUT2D eigenvalue weighted by molar-refractivity contribution is -0.154. The Labute approximate surface area is 156 Å². The van der Waals surface area contributed by atoms with Crippen LogP contribution in [0.5, 0.6) is 5.88 Å². The standard InChI is InChI=1S/C19H24F3N3O2/c20-19(21,22)14-27-16-11-15(5-9-23-16)12-24-17(26)25-10-4-8-18(13-25)6-2-1-3-7-18/h1-2,5,9,11H,3-4,6-8,10,12-14H2,(H,24,26)/t18-/m0/s1. The number of likely N-dealkylation sites (tertiary alicyclic amines) is 1. The number of carbonyl (C=O) groups excluding carboxylic acids is 1. The average Bonchev–Trinajstić information content (AvgIpc) is 2.65. The molecule has 1 atom stereocenters. The van der Waals surface area contributed by atoms with Gasteiger partial charge in [-0.1, -0.05) is 12.2 Å². The van der Waals surface area contributed by atoms with Gasteiger partial charge in [0, 0.05) is 31.9 Å². The Morgan fingerprint density at radius 2 is 2.19 bits per heavy atom. The Morgan fingerprint density at radius 3 is 2.93 bits per heavy atom. The van der Waals surface area contributed by atoms with E-state index in [1.807, 2.05) is 4.90 Å². The van der Waals surface area contributed by atoms with Crippen LogP contribution >= 0.6 is 0 Å². The second-order valence-electron chi connectivity index (χ2n) is 7.30. The van der Waals surface area contributed by atoms with Crippen molar-refractivity contribution in [1.29, 1.82) is 0 Å². The molecule has 0 unspecified atom stereocenters. The normalized spacial score (nSPS) is 22.7. The van der Waals surface area contributed by atoms with Crippen LogP contribution in [0.4, 0.5) is 18.0 Å². The highest BCUT2D eigenvalue weighted by Crippen LogP contribution is 2.40. The molecule has 2 heterocycles. The van der Waals surface area contributed by atoms with Crippen molar-refractivity contribution >= 4 is 6.03 Å². The summed E-state index contributed by atoms with van der Waals surface area (Å²) in [7, 11) is 0. The fourth-order valence-corrected chi connectivity index (χ4v) is 3.78. The van der Waals surface area contributed by atoms with Crippen molar-refractivity contribution in [2.45, 2.75) is 44.8 Å². The summed E-state index contributed by atoms with van der Waals surface area (Å²) >= 11 is 0. The molecule has 5 nitrogen and oxygen atoms in total. The summed E-state index contributed by atoms with van der Waals surface area (Å²) in [5, 5.41) is 2.85. The van der Waals surface area contributed by atoms with Crippen molar-refractivity contribution in [3.05, 3.63) is 36.0 Å². The fraction of sp³-hybridized carbons (Fsp3) is 0.579. The number of alkyl halides is 3. The SMILES string of the molecule is O=C(NCc1ccnc(OCC(F)(F)F)c1)N1CCC[C@@]2(CC=CCC2)C1. The molecule has 0 aromatic carbocycles. The predicted octanol–water partition coefficient (Wildman–Crippen LogP) is 4.05. The van der Waals surface area contributed by atoms with Gasteiger partial charge in [0.25, 0.3) is 0 Å². The maximum atomic E-state index is 12.5. The molecule has 1 aromatic heterocycles. The number of pyridine rings is 1. The van der Waals surface area contributed by atoms with E-state index in [1.165, 1.54) is 12.3 Å². The zero-order valence-electron chi connectivity index (χ0n) is 15.1. The number of amides is 2. The maximum absolute atomic E-state index is 12.5. The molecular formula is C19H24F3N3O2. The van der Waals surface area contributed by atoms with Crippen LogP contribution in [0.3, 0.4) is 0 Å². The molecule has 1 spiro atoms. The number of nitrogens with zero attached hydrogens (tertiary/aromatic N) is 2. The lowest BCUT2D eigenvalue weighted by atomic mass is 9.71. The number of allylic oxidation sites excluding steroid dienone is 2. The topological polar surface area (TPSA) is 54.5 Å². The molecule has 148 valence electrons. The van der Waals surface area contributed by atoms with Crippen LogP contribution in [-0.4, -0.2) is 41.8 Å². The first-order valence-electron chi connectivity index (χ1n) is 9.18. The second-order valence-corrected chi connectivity index (χ2v) is 7.30. The van der Waals surface area contributed by atoms with Crippen molar-refractivity contribution in [1.82, 2.24) is 15.2 Å². The summed E-state index contributed by atoms with van der Waals surface area (Å²) in [6, 6.07) is 2.91. The van der Waals surface area contributed by atoms with Gasteiger partial charge in [-0.15, -0.1) is 0 Å². The third-order valence-electron chi connectivity index (χ3n) is 5.13. The lowest BCUT2D eigenvalue weighted by Gasteiger charge is -2.43. The molecule has 1 saturated heterocycles. The molecule has 1 fully saturated rings. The van der Waals surface area contributed by atoms with Gasteiger partial charge in [-0.2, -0.15) is 13.2 Å². The number of urea groups is 1. The van der Waals surface area contributed by atoms with E-state index in [4.69, 9.17) is 0 Å². The summed E-state index contributed by atoms with van der Waals surface area (Å²) < 4.78 is 41.3. The van der Waals surface area contributed by atoms with Crippen molar-refractivity contribution in [2.75, 3.05) is 19.7 Å². The number of rotatable bonds is 4. The quantitative estimate of drug-likeness (QED) is 0.798. The smallest absolute Gasteiger partial charge is 0.422 e. The van der Waals surface area contributed by atoms with Gasteiger partial charge in [-0.05, 0) is 49.1 Å². The largest absolute Gasteiger partial charge is 0.468 e. The van der Waals surface area contributed by atoms with Crippen LogP contribution < -0.4 is 10.1 Å². The molecule has 1 aliphatic heterocycles. The van der Waals surface area contributed by atoms with E-state index < -0.39 is 12.8 Å². The van der Waals surface area contributed by atoms with Gasteiger partial charge in [0.2, 0.25) is 5.88 Å². The minimum atomic E-state index is -4.41. The maximum Gasteiger partial charge on any atom is 0.422 e. The monoisotopic (exact) mass is 383 g/mol. The zero-order valence-corrected chi connectivity index (χ0v) is 15.1. The molecule has 0 radical (unpaired) electrons. The first-order chi connectivity index (χ1) is 12.9. The van der Waals surface area contributed by atoms with Crippen molar-refractivity contribution < 1.29 is 22.7 Å². The summed E-state index contributed by atoms with van der Waals surface area (Å²) in [5.74, 6) is -0.106. The molecule has 1 aromatic rings. The Morgan fingerprint density at radius 1 is 1.33 bits per heavy atom. The summed E-state index contributed by atoms with van der Waals surface area (Å²) in [4.78, 5) is 18.2. The summed E-state index contributed by atoms with van der Waals surface area (Å²) in [6.07, 6.45) is 6.70. The highest BCUT2D eigenvalue weighted by molar-refractivity contribution is 5.74. The highest BCUT2D eigenvalue weighted by Gasteiger charge is 2.36. The second kappa shape index (κ2) is 8.19. The first-order valence-corrected chi connectivity index (χ1v) is 9.18. The zero-order chi connectivity index (χ0) is 19.3. The fourth-order valence-electron chi connectivity index (χ4n) is 3.78. The van der Waals surface area contributed by atoms with Gasteiger partial charge in [-0.25, -0.2) is 9.78 Å². The predicted molar refractivity (Wildman–Crippen MR) is 94.3 cm³/mol. The number of piperidine rings is 1. The molecule has 1 N–H and O–H groups in total. The highest BCUT2D eigenvalue weighted by atomic mass is 19.4. The summed E-state index contributed by atoms with van der Waals surface area (Å²) in [6.45, 7) is 0.306. The van der Waals surface area contributed by atoms with E-state index >= 15 is 0 Å². The van der Waals surface area contributed by atoms with Gasteiger partial charge in [0.05, 0.1) is 0 Å². The van der Waals surface area contributed by atoms with E-state index in [-0.39, 0.29) is 23.9 Å². The lowest BCUT2D eigenvalue weighted by Crippen LogP contribution is -2.49. The van der Waals surface area contributed by atoms with E-state index in [9.17, 15) is 18.0 Å². The minimum Gasteiger partial charge on any atom is -0.468 e. The van der Waals surface area contributed by atoms with E-state index in [1.54, 1.807) is 6.07 Å². The molecule has 8 heteroatoms. The third-order valence-corrected chi connectivity index (χ3v) is 5.13. The van der Waals surface area contributed by atoms with Crippen LogP contribution in [0.15, 0.2) is 30.5 Å². The molecule has 1 aliphatic carbocycles. The van der Waals surface area contributed by atoms with E-state index in [0.29, 0.717) is 5.56 Å². The number of nitrogens with one attached hydrogen (secondary N) is 1. The van der Waals surface area contributed by atoms with Crippen molar-refractivity contribution in [2.24, 2.45) is 5.41 Å². The Kier molecular flexibility index (Phi) is 5.92. The Balaban J connectivity index is 1.52. The van der Waals surface area contributed by atoms with Crippen LogP contribution in [0.25, 0.3) is 0 Å². The minimum absolute atomic E-state index is 0.106. The van der Waals surface area contributed by atoms with Crippen molar-refractivity contribution in [3.8, 4) is 5.88 Å². The summed E-state index contributed by atoms with van der Waals surface area (Å²) in [5.41, 5.74) is 0.836. The van der Waals surface area contributed by atoms with Crippen molar-refractivity contribution in [3.63, 3.8) is 0 Å². The molecule has 0 bridgehead atoms. The number of carbonyl (C=O) groups is 1. The Bertz CT molecular complexity index is 693. The molecule has 3 rings (SSSR count). The van der Waals surface area contributed by atoms with Gasteiger partial charge in [0.1, 0.15) is 0 Å². The number of hydrogen-bond acceptors (Lipinski definition) is 3.